The Bertz CT molecular complexity index is 111. The van der Waals surface area contributed by atoms with Gasteiger partial charge in [-0.15, -0.1) is 0 Å². The van der Waals surface area contributed by atoms with Crippen LogP contribution in [0.5, 0.6) is 0 Å². The monoisotopic (exact) mass is 120 g/mol. The van der Waals surface area contributed by atoms with Crippen molar-refractivity contribution in [1.29, 1.82) is 0 Å². The summed E-state index contributed by atoms with van der Waals surface area (Å²) in [6.07, 6.45) is 7.96. The van der Waals surface area contributed by atoms with Crippen LogP contribution in [0, 0.1) is 0 Å². The molecule has 0 saturated carbocycles. The van der Waals surface area contributed by atoms with Crippen molar-refractivity contribution >= 4 is 33.8 Å². The van der Waals surface area contributed by atoms with Crippen molar-refractivity contribution in [3.63, 3.8) is 0 Å². The van der Waals surface area contributed by atoms with Gasteiger partial charge in [0.1, 0.15) is 0 Å². The SMILES string of the molecule is [CH3][Ca][C]1=CC=CC1. The third-order valence-electron chi connectivity index (χ3n) is 1.30. The van der Waals surface area contributed by atoms with Crippen LogP contribution in [0.15, 0.2) is 19.9 Å². The summed E-state index contributed by atoms with van der Waals surface area (Å²) in [5.74, 6) is 0. The third-order valence-corrected chi connectivity index (χ3v) is 3.54. The Kier molecular flexibility index (Phi) is 2.44. The van der Waals surface area contributed by atoms with E-state index < -0.39 is 0 Å². The predicted molar refractivity (Wildman–Crippen MR) is 33.5 cm³/mol. The standard InChI is InChI=1S/C5H5.CH3.Ca/c1-2-4-5-3-1;;/h1-3H,4H2;1H3;. The molecule has 7 heavy (non-hydrogen) atoms. The number of allylic oxidation sites excluding steroid dienone is 4. The quantitative estimate of drug-likeness (QED) is 0.461. The summed E-state index contributed by atoms with van der Waals surface area (Å²) in [7, 11) is 0. The second-order valence-electron chi connectivity index (χ2n) is 1.81. The summed E-state index contributed by atoms with van der Waals surface area (Å²) in [5.41, 5.74) is 0. The number of rotatable bonds is 1. The second-order valence-corrected chi connectivity index (χ2v) is 4.33. The van der Waals surface area contributed by atoms with E-state index in [1.165, 1.54) is 6.42 Å². The molecule has 0 spiro atoms. The normalized spacial score (nSPS) is 16.4. The van der Waals surface area contributed by atoms with E-state index >= 15 is 0 Å². The van der Waals surface area contributed by atoms with Gasteiger partial charge in [-0.05, 0) is 0 Å². The van der Waals surface area contributed by atoms with E-state index in [1.807, 2.05) is 0 Å². The molecule has 34 valence electrons. The Balaban J connectivity index is 2.45. The molecule has 0 radical (unpaired) electrons. The molecule has 0 unspecified atom stereocenters. The fourth-order valence-electron chi connectivity index (χ4n) is 0.754. The first kappa shape index (κ1) is 5.87. The van der Waals surface area contributed by atoms with Crippen molar-refractivity contribution in [2.24, 2.45) is 0 Å². The summed E-state index contributed by atoms with van der Waals surface area (Å²) >= 11 is -0.170. The van der Waals surface area contributed by atoms with Gasteiger partial charge in [-0.1, -0.05) is 0 Å². The molecule has 0 atom stereocenters. The summed E-state index contributed by atoms with van der Waals surface area (Å²) in [6, 6.07) is 0. The van der Waals surface area contributed by atoms with Gasteiger partial charge in [0, 0.05) is 0 Å². The molecule has 0 aromatic rings. The van der Waals surface area contributed by atoms with Crippen LogP contribution in [-0.2, 0) is 0 Å². The van der Waals surface area contributed by atoms with Crippen LogP contribution in [0.4, 0.5) is 0 Å². The zero-order chi connectivity index (χ0) is 5.11. The van der Waals surface area contributed by atoms with Gasteiger partial charge in [0.15, 0.2) is 0 Å². The van der Waals surface area contributed by atoms with Crippen molar-refractivity contribution in [3.05, 3.63) is 19.9 Å². The Hall–Kier alpha value is 0.740. The van der Waals surface area contributed by atoms with E-state index in [0.717, 1.165) is 0 Å². The molecule has 0 heterocycles. The van der Waals surface area contributed by atoms with Crippen LogP contribution < -0.4 is 0 Å². The summed E-state index contributed by atoms with van der Waals surface area (Å²) in [4.78, 5) is 0. The van der Waals surface area contributed by atoms with Gasteiger partial charge in [-0.2, -0.15) is 0 Å². The minimum atomic E-state index is -0.170. The van der Waals surface area contributed by atoms with Crippen molar-refractivity contribution in [3.8, 4) is 0 Å². The van der Waals surface area contributed by atoms with Crippen molar-refractivity contribution in [1.82, 2.24) is 0 Å². The molecular weight excluding hydrogens is 112 g/mol. The molecule has 0 saturated heterocycles. The summed E-state index contributed by atoms with van der Waals surface area (Å²) in [6.45, 7) is 0. The van der Waals surface area contributed by atoms with Crippen LogP contribution >= 0.6 is 0 Å². The Morgan fingerprint density at radius 3 is 2.86 bits per heavy atom. The average Bonchev–Trinajstić information content (AvgIpc) is 2.14. The molecule has 1 aliphatic rings. The molecule has 0 aromatic carbocycles. The fourth-order valence-corrected chi connectivity index (χ4v) is 2.05. The van der Waals surface area contributed by atoms with Crippen LogP contribution in [0.3, 0.4) is 0 Å². The first-order chi connectivity index (χ1) is 3.43. The van der Waals surface area contributed by atoms with E-state index in [9.17, 15) is 0 Å². The van der Waals surface area contributed by atoms with E-state index in [1.54, 1.807) is 1.67 Å². The zero-order valence-corrected chi connectivity index (χ0v) is 6.85. The first-order valence-corrected chi connectivity index (χ1v) is 6.09. The first-order valence-electron chi connectivity index (χ1n) is 2.78. The molecule has 0 N–H and O–H groups in total. The maximum absolute atomic E-state index is 2.38. The van der Waals surface area contributed by atoms with Crippen LogP contribution in [0.1, 0.15) is 6.42 Å². The van der Waals surface area contributed by atoms with E-state index in [4.69, 9.17) is 0 Å². The molecule has 0 bridgehead atoms. The van der Waals surface area contributed by atoms with Gasteiger partial charge in [0.25, 0.3) is 0 Å². The van der Waals surface area contributed by atoms with Crippen LogP contribution in [0.25, 0.3) is 0 Å². The Labute approximate surface area is 62.6 Å². The topological polar surface area (TPSA) is 0 Å². The van der Waals surface area contributed by atoms with Crippen molar-refractivity contribution in [2.45, 2.75) is 9.44 Å². The van der Waals surface area contributed by atoms with Crippen molar-refractivity contribution in [2.75, 3.05) is 0 Å². The second kappa shape index (κ2) is 2.91. The Morgan fingerprint density at radius 2 is 2.57 bits per heavy atom. The van der Waals surface area contributed by atoms with Gasteiger partial charge in [0.2, 0.25) is 0 Å². The molecule has 0 amide bonds. The van der Waals surface area contributed by atoms with Gasteiger partial charge >= 0.3 is 63.2 Å². The molecule has 0 aliphatic heterocycles. The third kappa shape index (κ3) is 1.60. The van der Waals surface area contributed by atoms with Crippen LogP contribution in [0.2, 0.25) is 3.02 Å². The van der Waals surface area contributed by atoms with E-state index in [2.05, 4.69) is 21.2 Å². The molecule has 0 nitrogen and oxygen atoms in total. The van der Waals surface area contributed by atoms with Crippen molar-refractivity contribution < 1.29 is 0 Å². The molecule has 1 aliphatic carbocycles. The van der Waals surface area contributed by atoms with E-state index in [-0.39, 0.29) is 33.8 Å². The van der Waals surface area contributed by atoms with E-state index in [0.29, 0.717) is 0 Å². The number of hydrogen-bond acceptors (Lipinski definition) is 0. The van der Waals surface area contributed by atoms with Gasteiger partial charge in [-0.3, -0.25) is 0 Å². The van der Waals surface area contributed by atoms with Gasteiger partial charge in [0.05, 0.1) is 0 Å². The number of hydrogen-bond donors (Lipinski definition) is 0. The Morgan fingerprint density at radius 1 is 1.71 bits per heavy atom. The summed E-state index contributed by atoms with van der Waals surface area (Å²) < 4.78 is 4.12. The van der Waals surface area contributed by atoms with Gasteiger partial charge in [-0.25, -0.2) is 0 Å². The zero-order valence-electron chi connectivity index (χ0n) is 4.65. The van der Waals surface area contributed by atoms with Gasteiger partial charge < -0.3 is 0 Å². The molecule has 0 aromatic heterocycles. The maximum atomic E-state index is 2.38. The van der Waals surface area contributed by atoms with Crippen LogP contribution in [-0.4, -0.2) is 33.8 Å². The molecule has 1 heteroatoms. The predicted octanol–water partition coefficient (Wildman–Crippen LogP) is 1.58. The minimum absolute atomic E-state index is 0.170. The molecular formula is C6H8Ca. The fraction of sp³-hybridized carbons (Fsp3) is 0.333. The molecule has 1 rings (SSSR count). The summed E-state index contributed by atoms with van der Waals surface area (Å²) in [5, 5.41) is 0. The average molecular weight is 120 g/mol. The molecule has 0 fully saturated rings.